The van der Waals surface area contributed by atoms with Crippen LogP contribution in [0, 0.1) is 6.92 Å². The minimum absolute atomic E-state index is 0.0199. The average Bonchev–Trinajstić information content (AvgIpc) is 2.67. The molecule has 4 aromatic rings. The van der Waals surface area contributed by atoms with E-state index in [1.165, 1.54) is 11.1 Å². The van der Waals surface area contributed by atoms with Gasteiger partial charge in [-0.2, -0.15) is 0 Å². The first kappa shape index (κ1) is 15.3. The number of aromatic nitrogens is 2. The number of nitrogens with zero attached hydrogens (tertiary/aromatic N) is 2. The van der Waals surface area contributed by atoms with Crippen LogP contribution in [0.5, 0.6) is 0 Å². The minimum atomic E-state index is -0.0199. The topological polar surface area (TPSA) is 37.8 Å². The van der Waals surface area contributed by atoms with Gasteiger partial charge in [0.2, 0.25) is 0 Å². The Morgan fingerprint density at radius 1 is 0.800 bits per heavy atom. The Morgan fingerprint density at radius 3 is 2.44 bits per heavy atom. The Balaban J connectivity index is 1.81. The van der Waals surface area contributed by atoms with E-state index >= 15 is 0 Å². The van der Waals surface area contributed by atoms with Crippen LogP contribution in [0.3, 0.4) is 0 Å². The van der Waals surface area contributed by atoms with Gasteiger partial charge in [0.1, 0.15) is 0 Å². The molecule has 3 heteroatoms. The molecular weight excluding hydrogens is 306 g/mol. The van der Waals surface area contributed by atoms with Crippen molar-refractivity contribution in [2.24, 2.45) is 0 Å². The summed E-state index contributed by atoms with van der Waals surface area (Å²) in [6, 6.07) is 24.8. The van der Waals surface area contributed by atoms with Crippen LogP contribution in [-0.2, 0) is 0 Å². The molecule has 2 aromatic carbocycles. The SMILES string of the molecule is Cc1ccc2nccc(NC(c3ccccc3)c3ccccn3)c2c1. The predicted octanol–water partition coefficient (Wildman–Crippen LogP) is 5.14. The first-order chi connectivity index (χ1) is 12.3. The summed E-state index contributed by atoms with van der Waals surface area (Å²) in [5.74, 6) is 0. The number of hydrogen-bond donors (Lipinski definition) is 1. The number of benzene rings is 2. The van der Waals surface area contributed by atoms with Crippen LogP contribution in [0.1, 0.15) is 22.9 Å². The van der Waals surface area contributed by atoms with Crippen molar-refractivity contribution in [1.29, 1.82) is 0 Å². The monoisotopic (exact) mass is 325 g/mol. The number of hydrogen-bond acceptors (Lipinski definition) is 3. The zero-order valence-corrected chi connectivity index (χ0v) is 14.1. The summed E-state index contributed by atoms with van der Waals surface area (Å²) >= 11 is 0. The highest BCUT2D eigenvalue weighted by atomic mass is 15.0. The van der Waals surface area contributed by atoms with Gasteiger partial charge in [-0.3, -0.25) is 9.97 Å². The number of rotatable bonds is 4. The average molecular weight is 325 g/mol. The maximum atomic E-state index is 4.57. The predicted molar refractivity (Wildman–Crippen MR) is 103 cm³/mol. The Kier molecular flexibility index (Phi) is 4.13. The van der Waals surface area contributed by atoms with Gasteiger partial charge in [-0.1, -0.05) is 48.0 Å². The maximum absolute atomic E-state index is 4.57. The van der Waals surface area contributed by atoms with Gasteiger partial charge < -0.3 is 5.32 Å². The molecule has 1 N–H and O–H groups in total. The van der Waals surface area contributed by atoms with Crippen LogP contribution in [-0.4, -0.2) is 9.97 Å². The van der Waals surface area contributed by atoms with Gasteiger partial charge in [-0.25, -0.2) is 0 Å². The van der Waals surface area contributed by atoms with Crippen molar-refractivity contribution in [2.45, 2.75) is 13.0 Å². The van der Waals surface area contributed by atoms with Crippen molar-refractivity contribution < 1.29 is 0 Å². The van der Waals surface area contributed by atoms with Crippen molar-refractivity contribution in [1.82, 2.24) is 9.97 Å². The Hall–Kier alpha value is -3.20. The highest BCUT2D eigenvalue weighted by Gasteiger charge is 2.16. The van der Waals surface area contributed by atoms with Crippen molar-refractivity contribution in [3.8, 4) is 0 Å². The lowest BCUT2D eigenvalue weighted by Gasteiger charge is -2.21. The molecular formula is C22H19N3. The van der Waals surface area contributed by atoms with Crippen LogP contribution >= 0.6 is 0 Å². The molecule has 1 unspecified atom stereocenters. The van der Waals surface area contributed by atoms with Gasteiger partial charge in [0.25, 0.3) is 0 Å². The number of nitrogens with one attached hydrogen (secondary N) is 1. The van der Waals surface area contributed by atoms with Crippen LogP contribution in [0.2, 0.25) is 0 Å². The smallest absolute Gasteiger partial charge is 0.0940 e. The largest absolute Gasteiger partial charge is 0.372 e. The molecule has 0 radical (unpaired) electrons. The summed E-state index contributed by atoms with van der Waals surface area (Å²) in [6.07, 6.45) is 3.68. The molecule has 0 amide bonds. The van der Waals surface area contributed by atoms with E-state index in [4.69, 9.17) is 0 Å². The van der Waals surface area contributed by atoms with E-state index in [-0.39, 0.29) is 6.04 Å². The first-order valence-electron chi connectivity index (χ1n) is 8.39. The van der Waals surface area contributed by atoms with Crippen molar-refractivity contribution in [2.75, 3.05) is 5.32 Å². The summed E-state index contributed by atoms with van der Waals surface area (Å²) < 4.78 is 0. The molecule has 0 fully saturated rings. The zero-order chi connectivity index (χ0) is 17.1. The summed E-state index contributed by atoms with van der Waals surface area (Å²) in [7, 11) is 0. The third-order valence-corrected chi connectivity index (χ3v) is 4.31. The van der Waals surface area contributed by atoms with E-state index in [0.717, 1.165) is 22.3 Å². The van der Waals surface area contributed by atoms with Gasteiger partial charge in [0.15, 0.2) is 0 Å². The maximum Gasteiger partial charge on any atom is 0.0940 e. The lowest BCUT2D eigenvalue weighted by atomic mass is 10.0. The molecule has 0 aliphatic heterocycles. The standard InChI is InChI=1S/C22H19N3/c1-16-10-11-19-18(15-16)20(12-14-24-19)25-22(17-7-3-2-4-8-17)21-9-5-6-13-23-21/h2-15,22H,1H3,(H,24,25). The van der Waals surface area contributed by atoms with E-state index in [9.17, 15) is 0 Å². The van der Waals surface area contributed by atoms with E-state index in [1.54, 1.807) is 0 Å². The van der Waals surface area contributed by atoms with E-state index < -0.39 is 0 Å². The second kappa shape index (κ2) is 6.73. The summed E-state index contributed by atoms with van der Waals surface area (Å²) in [5.41, 5.74) is 5.44. The highest BCUT2D eigenvalue weighted by molar-refractivity contribution is 5.91. The second-order valence-corrected chi connectivity index (χ2v) is 6.12. The van der Waals surface area contributed by atoms with Gasteiger partial charge in [0, 0.05) is 23.5 Å². The van der Waals surface area contributed by atoms with Gasteiger partial charge >= 0.3 is 0 Å². The second-order valence-electron chi connectivity index (χ2n) is 6.12. The van der Waals surface area contributed by atoms with Crippen molar-refractivity contribution in [3.63, 3.8) is 0 Å². The lowest BCUT2D eigenvalue weighted by molar-refractivity contribution is 0.888. The lowest BCUT2D eigenvalue weighted by Crippen LogP contribution is -2.14. The fourth-order valence-electron chi connectivity index (χ4n) is 3.06. The molecule has 4 rings (SSSR count). The van der Waals surface area contributed by atoms with E-state index in [2.05, 4.69) is 70.7 Å². The quantitative estimate of drug-likeness (QED) is 0.564. The first-order valence-corrected chi connectivity index (χ1v) is 8.39. The van der Waals surface area contributed by atoms with Crippen molar-refractivity contribution >= 4 is 16.6 Å². The van der Waals surface area contributed by atoms with E-state index in [0.29, 0.717) is 0 Å². The van der Waals surface area contributed by atoms with E-state index in [1.807, 2.05) is 36.7 Å². The molecule has 122 valence electrons. The molecule has 1 atom stereocenters. The van der Waals surface area contributed by atoms with Crippen LogP contribution in [0.4, 0.5) is 5.69 Å². The molecule has 25 heavy (non-hydrogen) atoms. The molecule has 0 spiro atoms. The number of aryl methyl sites for hydroxylation is 1. The summed E-state index contributed by atoms with van der Waals surface area (Å²) in [4.78, 5) is 9.05. The van der Waals surface area contributed by atoms with Gasteiger partial charge in [-0.05, 0) is 42.8 Å². The molecule has 3 nitrogen and oxygen atoms in total. The Bertz CT molecular complexity index is 942. The minimum Gasteiger partial charge on any atom is -0.372 e. The third-order valence-electron chi connectivity index (χ3n) is 4.31. The number of pyridine rings is 2. The number of anilines is 1. The fraction of sp³-hybridized carbons (Fsp3) is 0.0909. The Labute approximate surface area is 147 Å². The molecule has 0 aliphatic carbocycles. The molecule has 2 aromatic heterocycles. The van der Waals surface area contributed by atoms with Crippen LogP contribution in [0.25, 0.3) is 10.9 Å². The zero-order valence-electron chi connectivity index (χ0n) is 14.1. The molecule has 0 saturated heterocycles. The normalized spacial score (nSPS) is 12.0. The molecule has 0 bridgehead atoms. The third kappa shape index (κ3) is 3.22. The summed E-state index contributed by atoms with van der Waals surface area (Å²) in [5, 5.41) is 4.80. The number of fused-ring (bicyclic) bond motifs is 1. The molecule has 0 aliphatic rings. The van der Waals surface area contributed by atoms with Crippen LogP contribution in [0.15, 0.2) is 85.2 Å². The van der Waals surface area contributed by atoms with Crippen LogP contribution < -0.4 is 5.32 Å². The van der Waals surface area contributed by atoms with Gasteiger partial charge in [0.05, 0.1) is 17.3 Å². The van der Waals surface area contributed by atoms with Gasteiger partial charge in [-0.15, -0.1) is 0 Å². The molecule has 2 heterocycles. The molecule has 0 saturated carbocycles. The van der Waals surface area contributed by atoms with Crippen molar-refractivity contribution in [3.05, 3.63) is 102 Å². The summed E-state index contributed by atoms with van der Waals surface area (Å²) in [6.45, 7) is 2.10. The Morgan fingerprint density at radius 2 is 1.64 bits per heavy atom. The fourth-order valence-corrected chi connectivity index (χ4v) is 3.06. The highest BCUT2D eigenvalue weighted by Crippen LogP contribution is 2.29.